The average Bonchev–Trinajstić information content (AvgIpc) is 2.77. The van der Waals surface area contributed by atoms with Gasteiger partial charge in [-0.25, -0.2) is 9.78 Å². The first kappa shape index (κ1) is 13.7. The zero-order chi connectivity index (χ0) is 15.1. The lowest BCUT2D eigenvalue weighted by Crippen LogP contribution is -2.29. The van der Waals surface area contributed by atoms with Gasteiger partial charge in [0.25, 0.3) is 5.56 Å². The van der Waals surface area contributed by atoms with E-state index < -0.39 is 11.2 Å². The lowest BCUT2D eigenvalue weighted by atomic mass is 10.1. The van der Waals surface area contributed by atoms with Crippen LogP contribution >= 0.6 is 11.6 Å². The van der Waals surface area contributed by atoms with Gasteiger partial charge in [-0.05, 0) is 17.7 Å². The lowest BCUT2D eigenvalue weighted by Gasteiger charge is -2.07. The maximum absolute atomic E-state index is 12.0. The molecule has 0 saturated carbocycles. The van der Waals surface area contributed by atoms with Crippen LogP contribution in [0.1, 0.15) is 5.56 Å². The van der Waals surface area contributed by atoms with Gasteiger partial charge in [-0.1, -0.05) is 23.7 Å². The van der Waals surface area contributed by atoms with Crippen molar-refractivity contribution in [1.29, 1.82) is 0 Å². The average molecular weight is 301 g/mol. The summed E-state index contributed by atoms with van der Waals surface area (Å²) in [6, 6.07) is 7.19. The summed E-state index contributed by atoms with van der Waals surface area (Å²) in [5.41, 5.74) is 0.583. The molecule has 0 aliphatic carbocycles. The molecule has 3 aromatic rings. The van der Waals surface area contributed by atoms with Gasteiger partial charge in [0, 0.05) is 18.6 Å². The number of benzene rings is 1. The molecule has 0 aliphatic heterocycles. The molecule has 1 aromatic carbocycles. The fourth-order valence-electron chi connectivity index (χ4n) is 2.18. The number of nitrogens with one attached hydrogen (secondary N) is 1. The molecule has 0 spiro atoms. The van der Waals surface area contributed by atoms with Crippen LogP contribution in [0.2, 0.25) is 5.02 Å². The molecule has 2 aromatic heterocycles. The highest BCUT2D eigenvalue weighted by atomic mass is 35.5. The molecule has 6 nitrogen and oxygen atoms in total. The molecular formula is C13H10BClN4O2. The second kappa shape index (κ2) is 4.93. The van der Waals surface area contributed by atoms with Crippen LogP contribution in [-0.4, -0.2) is 26.9 Å². The monoisotopic (exact) mass is 300 g/mol. The topological polar surface area (TPSA) is 72.7 Å². The number of aryl methyl sites for hydroxylation is 1. The van der Waals surface area contributed by atoms with Crippen molar-refractivity contribution in [2.24, 2.45) is 7.05 Å². The van der Waals surface area contributed by atoms with Crippen LogP contribution in [0.5, 0.6) is 0 Å². The minimum atomic E-state index is -0.524. The third kappa shape index (κ3) is 2.29. The van der Waals surface area contributed by atoms with Crippen LogP contribution in [0.25, 0.3) is 11.2 Å². The SMILES string of the molecule is [B]c1nc2c(c(=O)[nH]c(=O)n2C)n1Cc1ccc(Cl)cc1. The van der Waals surface area contributed by atoms with Crippen LogP contribution in [0.15, 0.2) is 33.9 Å². The third-order valence-electron chi connectivity index (χ3n) is 3.29. The largest absolute Gasteiger partial charge is 0.329 e. The number of imidazole rings is 1. The minimum Gasteiger partial charge on any atom is -0.327 e. The van der Waals surface area contributed by atoms with Crippen LogP contribution in [0, 0.1) is 0 Å². The van der Waals surface area contributed by atoms with Crippen LogP contribution in [0.4, 0.5) is 0 Å². The molecule has 0 atom stereocenters. The summed E-state index contributed by atoms with van der Waals surface area (Å²) in [7, 11) is 7.40. The maximum Gasteiger partial charge on any atom is 0.329 e. The van der Waals surface area contributed by atoms with Gasteiger partial charge >= 0.3 is 5.69 Å². The Morgan fingerprint density at radius 2 is 1.95 bits per heavy atom. The van der Waals surface area contributed by atoms with Gasteiger partial charge in [-0.2, -0.15) is 0 Å². The highest BCUT2D eigenvalue weighted by Gasteiger charge is 2.14. The Labute approximate surface area is 125 Å². The second-order valence-corrected chi connectivity index (χ2v) is 5.11. The van der Waals surface area contributed by atoms with E-state index in [2.05, 4.69) is 9.97 Å². The number of aromatic amines is 1. The summed E-state index contributed by atoms with van der Waals surface area (Å²) in [6.45, 7) is 0.362. The second-order valence-electron chi connectivity index (χ2n) is 4.67. The fraction of sp³-hybridized carbons (Fsp3) is 0.154. The van der Waals surface area contributed by atoms with Crippen molar-refractivity contribution in [3.8, 4) is 0 Å². The summed E-state index contributed by atoms with van der Waals surface area (Å²) in [5.74, 6) is 0. The zero-order valence-electron chi connectivity index (χ0n) is 11.1. The quantitative estimate of drug-likeness (QED) is 0.673. The fourth-order valence-corrected chi connectivity index (χ4v) is 2.31. The lowest BCUT2D eigenvalue weighted by molar-refractivity contribution is 0.815. The number of rotatable bonds is 2. The van der Waals surface area contributed by atoms with E-state index in [9.17, 15) is 9.59 Å². The first-order valence-electron chi connectivity index (χ1n) is 6.17. The summed E-state index contributed by atoms with van der Waals surface area (Å²) in [5, 5.41) is 0.627. The first-order chi connectivity index (χ1) is 9.97. The number of aromatic nitrogens is 4. The van der Waals surface area contributed by atoms with Crippen LogP contribution in [-0.2, 0) is 13.6 Å². The Hall–Kier alpha value is -2.28. The predicted molar refractivity (Wildman–Crippen MR) is 81.5 cm³/mol. The molecule has 0 fully saturated rings. The molecule has 1 N–H and O–H groups in total. The molecule has 2 radical (unpaired) electrons. The summed E-state index contributed by atoms with van der Waals surface area (Å²) < 4.78 is 2.82. The first-order valence-corrected chi connectivity index (χ1v) is 6.54. The number of nitrogens with zero attached hydrogens (tertiary/aromatic N) is 3. The number of hydrogen-bond acceptors (Lipinski definition) is 3. The van der Waals surface area contributed by atoms with Crippen LogP contribution in [0.3, 0.4) is 0 Å². The van der Waals surface area contributed by atoms with Crippen molar-refractivity contribution in [3.05, 3.63) is 55.7 Å². The molecule has 2 heterocycles. The van der Waals surface area contributed by atoms with Crippen molar-refractivity contribution in [2.45, 2.75) is 6.54 Å². The van der Waals surface area contributed by atoms with E-state index >= 15 is 0 Å². The van der Waals surface area contributed by atoms with Gasteiger partial charge in [0.15, 0.2) is 19.0 Å². The highest BCUT2D eigenvalue weighted by molar-refractivity contribution is 6.30. The molecule has 8 heteroatoms. The van der Waals surface area contributed by atoms with Gasteiger partial charge in [0.05, 0.1) is 5.72 Å². The van der Waals surface area contributed by atoms with E-state index in [-0.39, 0.29) is 16.9 Å². The van der Waals surface area contributed by atoms with Gasteiger partial charge in [0.2, 0.25) is 0 Å². The van der Waals surface area contributed by atoms with E-state index in [1.807, 2.05) is 12.1 Å². The molecular weight excluding hydrogens is 290 g/mol. The van der Waals surface area contributed by atoms with E-state index in [1.165, 1.54) is 11.6 Å². The molecule has 0 aliphatic rings. The highest BCUT2D eigenvalue weighted by Crippen LogP contribution is 2.12. The number of halogens is 1. The number of hydrogen-bond donors (Lipinski definition) is 1. The van der Waals surface area contributed by atoms with Crippen molar-refractivity contribution >= 4 is 36.3 Å². The summed E-state index contributed by atoms with van der Waals surface area (Å²) in [4.78, 5) is 29.9. The Balaban J connectivity index is 2.21. The molecule has 0 bridgehead atoms. The molecule has 0 saturated heterocycles. The van der Waals surface area contributed by atoms with Crippen LogP contribution < -0.4 is 17.0 Å². The molecule has 0 amide bonds. The summed E-state index contributed by atoms with van der Waals surface area (Å²) >= 11 is 5.85. The van der Waals surface area contributed by atoms with Gasteiger partial charge in [0.1, 0.15) is 0 Å². The van der Waals surface area contributed by atoms with Crippen molar-refractivity contribution in [3.63, 3.8) is 0 Å². The Morgan fingerprint density at radius 3 is 2.62 bits per heavy atom. The maximum atomic E-state index is 12.0. The Bertz CT molecular complexity index is 940. The molecule has 3 rings (SSSR count). The summed E-state index contributed by atoms with van der Waals surface area (Å²) in [6.07, 6.45) is 0. The van der Waals surface area contributed by atoms with Crippen molar-refractivity contribution in [1.82, 2.24) is 19.1 Å². The van der Waals surface area contributed by atoms with E-state index in [0.717, 1.165) is 5.56 Å². The Morgan fingerprint density at radius 1 is 1.29 bits per heavy atom. The van der Waals surface area contributed by atoms with Gasteiger partial charge < -0.3 is 4.57 Å². The third-order valence-corrected chi connectivity index (χ3v) is 3.54. The Kier molecular flexibility index (Phi) is 3.21. The van der Waals surface area contributed by atoms with E-state index in [4.69, 9.17) is 19.4 Å². The number of H-pyrrole nitrogens is 1. The normalized spacial score (nSPS) is 11.1. The van der Waals surface area contributed by atoms with Crippen molar-refractivity contribution < 1.29 is 0 Å². The smallest absolute Gasteiger partial charge is 0.327 e. The van der Waals surface area contributed by atoms with Gasteiger partial charge in [-0.3, -0.25) is 14.3 Å². The molecule has 21 heavy (non-hydrogen) atoms. The minimum absolute atomic E-state index is 0.173. The number of fused-ring (bicyclic) bond motifs is 1. The zero-order valence-corrected chi connectivity index (χ0v) is 11.9. The molecule has 0 unspecified atom stereocenters. The standard InChI is InChI=1S/C13H10BClN4O2/c1-18-10-9(11(20)17-13(18)21)19(12(14)16-10)6-7-2-4-8(15)5-3-7/h2-5H,6H2,1H3,(H,17,20,21). The van der Waals surface area contributed by atoms with Gasteiger partial charge in [-0.15, -0.1) is 0 Å². The predicted octanol–water partition coefficient (Wildman–Crippen LogP) is -0.0812. The van der Waals surface area contributed by atoms with E-state index in [1.54, 1.807) is 16.7 Å². The molecule has 104 valence electrons. The van der Waals surface area contributed by atoms with E-state index in [0.29, 0.717) is 11.6 Å². The van der Waals surface area contributed by atoms with Crippen molar-refractivity contribution in [2.75, 3.05) is 0 Å².